The van der Waals surface area contributed by atoms with Crippen LogP contribution in [0.25, 0.3) is 0 Å². The van der Waals surface area contributed by atoms with Crippen LogP contribution >= 0.6 is 0 Å². The van der Waals surface area contributed by atoms with Crippen LogP contribution in [-0.2, 0) is 4.74 Å². The molecular formula is C15H21NO. The lowest BCUT2D eigenvalue weighted by Crippen LogP contribution is -2.08. The molecule has 0 saturated heterocycles. The summed E-state index contributed by atoms with van der Waals surface area (Å²) in [6.45, 7) is 8.25. The number of allylic oxidation sites excluding steroid dienone is 2. The summed E-state index contributed by atoms with van der Waals surface area (Å²) < 4.78 is 5.62. The first kappa shape index (κ1) is 13.5. The number of aryl methyl sites for hydroxylation is 1. The molecule has 1 aromatic rings. The van der Waals surface area contributed by atoms with Gasteiger partial charge in [-0.25, -0.2) is 0 Å². The van der Waals surface area contributed by atoms with Crippen LogP contribution in [0.15, 0.2) is 36.1 Å². The smallest absolute Gasteiger partial charge is 0.218 e. The van der Waals surface area contributed by atoms with Crippen molar-refractivity contribution < 1.29 is 4.74 Å². The third-order valence-corrected chi connectivity index (χ3v) is 2.51. The van der Waals surface area contributed by atoms with Crippen molar-refractivity contribution in [2.75, 3.05) is 0 Å². The van der Waals surface area contributed by atoms with E-state index < -0.39 is 0 Å². The Kier molecular flexibility index (Phi) is 4.95. The summed E-state index contributed by atoms with van der Waals surface area (Å²) in [6, 6.07) is 7.82. The Morgan fingerprint density at radius 1 is 1.29 bits per heavy atom. The van der Waals surface area contributed by atoms with E-state index in [1.54, 1.807) is 0 Å². The van der Waals surface area contributed by atoms with E-state index >= 15 is 0 Å². The van der Waals surface area contributed by atoms with Crippen molar-refractivity contribution in [3.63, 3.8) is 0 Å². The highest BCUT2D eigenvalue weighted by atomic mass is 16.5. The number of hydrogen-bond donors (Lipinski definition) is 1. The fourth-order valence-corrected chi connectivity index (χ4v) is 1.48. The second-order valence-corrected chi connectivity index (χ2v) is 4.47. The van der Waals surface area contributed by atoms with Crippen LogP contribution in [0.1, 0.15) is 38.3 Å². The quantitative estimate of drug-likeness (QED) is 0.468. The molecule has 2 heteroatoms. The van der Waals surface area contributed by atoms with Gasteiger partial charge in [0, 0.05) is 11.5 Å². The molecule has 0 unspecified atom stereocenters. The molecule has 0 saturated carbocycles. The summed E-state index contributed by atoms with van der Waals surface area (Å²) in [7, 11) is 0. The van der Waals surface area contributed by atoms with E-state index in [1.165, 1.54) is 5.56 Å². The van der Waals surface area contributed by atoms with Crippen LogP contribution in [0, 0.1) is 18.3 Å². The molecule has 17 heavy (non-hydrogen) atoms. The first-order valence-corrected chi connectivity index (χ1v) is 6.08. The molecule has 0 bridgehead atoms. The monoisotopic (exact) mass is 231 g/mol. The van der Waals surface area contributed by atoms with Crippen molar-refractivity contribution >= 4 is 5.90 Å². The number of rotatable bonds is 4. The lowest BCUT2D eigenvalue weighted by Gasteiger charge is -2.14. The van der Waals surface area contributed by atoms with Crippen molar-refractivity contribution in [2.45, 2.75) is 34.1 Å². The molecule has 2 nitrogen and oxygen atoms in total. The van der Waals surface area contributed by atoms with Crippen molar-refractivity contribution in [1.82, 2.24) is 0 Å². The first-order valence-electron chi connectivity index (χ1n) is 6.08. The highest BCUT2D eigenvalue weighted by molar-refractivity contribution is 5.92. The molecule has 0 aliphatic carbocycles. The summed E-state index contributed by atoms with van der Waals surface area (Å²) in [5, 5.41) is 7.94. The maximum absolute atomic E-state index is 7.94. The summed E-state index contributed by atoms with van der Waals surface area (Å²) in [5.74, 6) is 1.40. The van der Waals surface area contributed by atoms with E-state index in [1.807, 2.05) is 37.3 Å². The van der Waals surface area contributed by atoms with E-state index in [2.05, 4.69) is 20.8 Å². The Balaban J connectivity index is 2.77. The van der Waals surface area contributed by atoms with E-state index in [4.69, 9.17) is 10.1 Å². The van der Waals surface area contributed by atoms with Crippen molar-refractivity contribution in [3.8, 4) is 0 Å². The maximum Gasteiger partial charge on any atom is 0.218 e. The van der Waals surface area contributed by atoms with Gasteiger partial charge in [0.05, 0.1) is 0 Å². The second-order valence-electron chi connectivity index (χ2n) is 4.47. The zero-order chi connectivity index (χ0) is 12.8. The van der Waals surface area contributed by atoms with E-state index in [0.29, 0.717) is 5.92 Å². The predicted octanol–water partition coefficient (Wildman–Crippen LogP) is 4.29. The third-order valence-electron chi connectivity index (χ3n) is 2.51. The van der Waals surface area contributed by atoms with Gasteiger partial charge in [0.1, 0.15) is 5.76 Å². The highest BCUT2D eigenvalue weighted by Gasteiger charge is 2.09. The Hall–Kier alpha value is -1.57. The summed E-state index contributed by atoms with van der Waals surface area (Å²) in [4.78, 5) is 0. The Morgan fingerprint density at radius 3 is 2.35 bits per heavy atom. The Labute approximate surface area is 104 Å². The molecule has 0 amide bonds. The minimum Gasteiger partial charge on any atom is -0.443 e. The van der Waals surface area contributed by atoms with Gasteiger partial charge in [-0.15, -0.1) is 0 Å². The molecule has 1 aromatic carbocycles. The Bertz CT molecular complexity index is 401. The van der Waals surface area contributed by atoms with Gasteiger partial charge < -0.3 is 4.74 Å². The van der Waals surface area contributed by atoms with Crippen molar-refractivity contribution in [1.29, 1.82) is 5.41 Å². The first-order chi connectivity index (χ1) is 8.04. The van der Waals surface area contributed by atoms with Crippen LogP contribution < -0.4 is 0 Å². The minimum absolute atomic E-state index is 0.221. The summed E-state index contributed by atoms with van der Waals surface area (Å²) in [5.41, 5.74) is 2.01. The van der Waals surface area contributed by atoms with E-state index in [-0.39, 0.29) is 5.90 Å². The van der Waals surface area contributed by atoms with Crippen molar-refractivity contribution in [2.24, 2.45) is 5.92 Å². The van der Waals surface area contributed by atoms with Gasteiger partial charge in [-0.05, 0) is 31.6 Å². The fraction of sp³-hybridized carbons (Fsp3) is 0.400. The minimum atomic E-state index is 0.221. The van der Waals surface area contributed by atoms with Crippen LogP contribution in [0.3, 0.4) is 0 Å². The van der Waals surface area contributed by atoms with Crippen LogP contribution in [0.2, 0.25) is 0 Å². The predicted molar refractivity (Wildman–Crippen MR) is 72.3 cm³/mol. The van der Waals surface area contributed by atoms with Gasteiger partial charge >= 0.3 is 0 Å². The highest BCUT2D eigenvalue weighted by Crippen LogP contribution is 2.15. The molecule has 0 heterocycles. The number of hydrogen-bond acceptors (Lipinski definition) is 2. The van der Waals surface area contributed by atoms with Crippen LogP contribution in [0.4, 0.5) is 0 Å². The van der Waals surface area contributed by atoms with E-state index in [0.717, 1.165) is 17.7 Å². The summed E-state index contributed by atoms with van der Waals surface area (Å²) in [6.07, 6.45) is 2.96. The SMILES string of the molecule is CC/C=C(/OC(=N)c1ccc(C)cc1)C(C)C. The van der Waals surface area contributed by atoms with E-state index in [9.17, 15) is 0 Å². The van der Waals surface area contributed by atoms with Crippen LogP contribution in [0.5, 0.6) is 0 Å². The average Bonchev–Trinajstić information content (AvgIpc) is 2.29. The number of benzene rings is 1. The topological polar surface area (TPSA) is 33.1 Å². The molecule has 0 aliphatic heterocycles. The van der Waals surface area contributed by atoms with Gasteiger partial charge in [-0.3, -0.25) is 5.41 Å². The average molecular weight is 231 g/mol. The molecular weight excluding hydrogens is 210 g/mol. The molecule has 0 radical (unpaired) electrons. The van der Waals surface area contributed by atoms with Gasteiger partial charge in [0.2, 0.25) is 5.90 Å². The normalized spacial score (nSPS) is 11.7. The zero-order valence-corrected chi connectivity index (χ0v) is 11.1. The largest absolute Gasteiger partial charge is 0.443 e. The maximum atomic E-state index is 7.94. The lowest BCUT2D eigenvalue weighted by molar-refractivity contribution is 0.354. The molecule has 92 valence electrons. The van der Waals surface area contributed by atoms with Crippen molar-refractivity contribution in [3.05, 3.63) is 47.2 Å². The molecule has 0 atom stereocenters. The van der Waals surface area contributed by atoms with Gasteiger partial charge in [-0.1, -0.05) is 38.5 Å². The second kappa shape index (κ2) is 6.24. The molecule has 1 rings (SSSR count). The fourth-order valence-electron chi connectivity index (χ4n) is 1.48. The molecule has 1 N–H and O–H groups in total. The van der Waals surface area contributed by atoms with Gasteiger partial charge in [0.25, 0.3) is 0 Å². The molecule has 0 spiro atoms. The van der Waals surface area contributed by atoms with Crippen LogP contribution in [-0.4, -0.2) is 5.90 Å². The lowest BCUT2D eigenvalue weighted by atomic mass is 10.1. The molecule has 0 aliphatic rings. The number of ether oxygens (including phenoxy) is 1. The van der Waals surface area contributed by atoms with Gasteiger partial charge in [0.15, 0.2) is 0 Å². The Morgan fingerprint density at radius 2 is 1.88 bits per heavy atom. The number of nitrogens with one attached hydrogen (secondary N) is 1. The standard InChI is InChI=1S/C15H21NO/c1-5-6-14(11(2)3)17-15(16)13-9-7-12(4)8-10-13/h6-11,16H,5H2,1-4H3/b14-6+,16-15?. The zero-order valence-electron chi connectivity index (χ0n) is 11.1. The molecule has 0 fully saturated rings. The third kappa shape index (κ3) is 4.06. The molecule has 0 aromatic heterocycles. The summed E-state index contributed by atoms with van der Waals surface area (Å²) >= 11 is 0. The van der Waals surface area contributed by atoms with Gasteiger partial charge in [-0.2, -0.15) is 0 Å².